The van der Waals surface area contributed by atoms with Crippen LogP contribution in [0.25, 0.3) is 0 Å². The van der Waals surface area contributed by atoms with Crippen molar-refractivity contribution in [1.82, 2.24) is 19.1 Å². The minimum atomic E-state index is -4.02. The molecule has 9 nitrogen and oxygen atoms in total. The van der Waals surface area contributed by atoms with Crippen LogP contribution in [0.4, 0.5) is 4.39 Å². The van der Waals surface area contributed by atoms with E-state index in [0.29, 0.717) is 16.8 Å². The quantitative estimate of drug-likeness (QED) is 0.511. The van der Waals surface area contributed by atoms with Crippen LogP contribution in [0.5, 0.6) is 5.19 Å². The van der Waals surface area contributed by atoms with Gasteiger partial charge in [-0.15, -0.1) is 0 Å². The molecule has 0 radical (unpaired) electrons. The van der Waals surface area contributed by atoms with E-state index >= 15 is 0 Å². The summed E-state index contributed by atoms with van der Waals surface area (Å²) in [5.41, 5.74) is 2.04. The van der Waals surface area contributed by atoms with Gasteiger partial charge in [0.05, 0.1) is 30.5 Å². The van der Waals surface area contributed by atoms with Crippen molar-refractivity contribution in [2.45, 2.75) is 43.2 Å². The molecule has 1 N–H and O–H groups in total. The summed E-state index contributed by atoms with van der Waals surface area (Å²) < 4.78 is 45.3. The van der Waals surface area contributed by atoms with Crippen LogP contribution in [0, 0.1) is 6.92 Å². The highest BCUT2D eigenvalue weighted by Gasteiger charge is 2.34. The molecule has 3 aromatic rings. The molecule has 3 heterocycles. The number of carbonyl (C=O) groups is 1. The number of rotatable bonds is 8. The van der Waals surface area contributed by atoms with E-state index < -0.39 is 22.1 Å². The Kier molecular flexibility index (Phi) is 6.50. The summed E-state index contributed by atoms with van der Waals surface area (Å²) in [5.74, 6) is -0.949. The lowest BCUT2D eigenvalue weighted by Gasteiger charge is -2.22. The van der Waals surface area contributed by atoms with Crippen molar-refractivity contribution in [3.8, 4) is 5.19 Å². The minimum absolute atomic E-state index is 0.0393. The zero-order valence-corrected chi connectivity index (χ0v) is 19.6. The van der Waals surface area contributed by atoms with Crippen molar-refractivity contribution < 1.29 is 27.4 Å². The molecule has 33 heavy (non-hydrogen) atoms. The molecule has 1 aliphatic rings. The molecule has 2 atom stereocenters. The van der Waals surface area contributed by atoms with Crippen LogP contribution in [0.15, 0.2) is 40.7 Å². The number of alkyl halides is 1. The van der Waals surface area contributed by atoms with Crippen LogP contribution in [-0.4, -0.2) is 57.9 Å². The number of aliphatic hydroxyl groups excluding tert-OH is 1. The average Bonchev–Trinajstić information content (AvgIpc) is 3.47. The number of nitrogens with zero attached hydrogens (tertiary/aromatic N) is 4. The molecule has 1 aromatic carbocycles. The van der Waals surface area contributed by atoms with Crippen LogP contribution in [0.3, 0.4) is 0 Å². The Hall–Kier alpha value is -2.83. The van der Waals surface area contributed by atoms with E-state index in [9.17, 15) is 22.7 Å². The number of ether oxygens (including phenoxy) is 1. The Bertz CT molecular complexity index is 1230. The number of hydrogen-bond donors (Lipinski definition) is 1. The molecule has 1 amide bonds. The van der Waals surface area contributed by atoms with Gasteiger partial charge in [0.15, 0.2) is 4.21 Å². The lowest BCUT2D eigenvalue weighted by Crippen LogP contribution is -2.33. The second-order valence-corrected chi connectivity index (χ2v) is 10.7. The zero-order valence-electron chi connectivity index (χ0n) is 18.0. The molecule has 0 saturated carbocycles. The van der Waals surface area contributed by atoms with E-state index in [-0.39, 0.29) is 47.3 Å². The Morgan fingerprint density at radius 1 is 1.30 bits per heavy atom. The third-order valence-corrected chi connectivity index (χ3v) is 8.39. The van der Waals surface area contributed by atoms with Crippen LogP contribution in [0.2, 0.25) is 0 Å². The fourth-order valence-corrected chi connectivity index (χ4v) is 6.16. The molecule has 2 aromatic heterocycles. The first kappa shape index (κ1) is 23.3. The second kappa shape index (κ2) is 9.20. The number of aliphatic hydroxyl groups is 1. The fourth-order valence-electron chi connectivity index (χ4n) is 3.57. The number of fused-ring (bicyclic) bond motifs is 1. The summed E-state index contributed by atoms with van der Waals surface area (Å²) in [6.07, 6.45) is 0.180. The lowest BCUT2D eigenvalue weighted by molar-refractivity contribution is -0.134. The number of benzene rings is 1. The van der Waals surface area contributed by atoms with Crippen LogP contribution >= 0.6 is 11.3 Å². The largest absolute Gasteiger partial charge is 0.467 e. The van der Waals surface area contributed by atoms with Crippen molar-refractivity contribution in [2.75, 3.05) is 13.2 Å². The van der Waals surface area contributed by atoms with Crippen molar-refractivity contribution in [3.05, 3.63) is 59.0 Å². The summed E-state index contributed by atoms with van der Waals surface area (Å²) in [6.45, 7) is 2.65. The van der Waals surface area contributed by atoms with Gasteiger partial charge in [0, 0.05) is 18.3 Å². The van der Waals surface area contributed by atoms with Gasteiger partial charge in [-0.1, -0.05) is 41.7 Å². The Morgan fingerprint density at radius 3 is 2.67 bits per heavy atom. The van der Waals surface area contributed by atoms with Gasteiger partial charge < -0.3 is 14.7 Å². The highest BCUT2D eigenvalue weighted by atomic mass is 32.2. The van der Waals surface area contributed by atoms with E-state index in [4.69, 9.17) is 4.74 Å². The molecule has 0 aliphatic carbocycles. The highest BCUT2D eigenvalue weighted by Crippen LogP contribution is 2.32. The van der Waals surface area contributed by atoms with Gasteiger partial charge in [0.1, 0.15) is 12.8 Å². The molecule has 0 saturated heterocycles. The molecule has 4 rings (SSSR count). The zero-order chi connectivity index (χ0) is 23.8. The predicted molar refractivity (Wildman–Crippen MR) is 118 cm³/mol. The summed E-state index contributed by atoms with van der Waals surface area (Å²) >= 11 is 0.813. The topological polar surface area (TPSA) is 115 Å². The summed E-state index contributed by atoms with van der Waals surface area (Å²) in [4.78, 5) is 18.6. The third-order valence-electron chi connectivity index (χ3n) is 5.20. The molecule has 0 spiro atoms. The highest BCUT2D eigenvalue weighted by molar-refractivity contribution is 7.92. The van der Waals surface area contributed by atoms with Gasteiger partial charge in [-0.05, 0) is 19.4 Å². The van der Waals surface area contributed by atoms with Crippen molar-refractivity contribution in [3.63, 3.8) is 0 Å². The molecule has 1 aliphatic heterocycles. The van der Waals surface area contributed by atoms with Crippen molar-refractivity contribution >= 4 is 27.3 Å². The van der Waals surface area contributed by atoms with Crippen molar-refractivity contribution in [2.24, 2.45) is 0 Å². The Balaban J connectivity index is 1.51. The van der Waals surface area contributed by atoms with Crippen LogP contribution in [0.1, 0.15) is 35.4 Å². The van der Waals surface area contributed by atoms with Gasteiger partial charge in [0.25, 0.3) is 15.2 Å². The van der Waals surface area contributed by atoms with E-state index in [1.165, 1.54) is 20.0 Å². The van der Waals surface area contributed by atoms with E-state index in [1.54, 1.807) is 29.2 Å². The van der Waals surface area contributed by atoms with E-state index in [1.807, 2.05) is 6.07 Å². The minimum Gasteiger partial charge on any atom is -0.467 e. The maximum atomic E-state index is 13.1. The predicted octanol–water partition coefficient (Wildman–Crippen LogP) is 2.24. The number of carbonyl (C=O) groups excluding carboxylic acids is 1. The molecule has 0 fully saturated rings. The standard InChI is InChI=1S/C21H23FN4O5S2/c1-13(22)12-31-21-23-14(2)20(32-21)33(29,30)26-9-16-8-25(10-18(16)24-26)19(28)17(11-27)15-6-4-3-5-7-15/h3-7,9,13,17,27H,8,10-12H2,1-2H3/t13?,17-/m1/s1. The molecule has 176 valence electrons. The Labute approximate surface area is 194 Å². The summed E-state index contributed by atoms with van der Waals surface area (Å²) in [5, 5.41) is 14.0. The van der Waals surface area contributed by atoms with E-state index in [2.05, 4.69) is 10.1 Å². The number of hydrogen-bond acceptors (Lipinski definition) is 8. The summed E-state index contributed by atoms with van der Waals surface area (Å²) in [6, 6.07) is 9.00. The smallest absolute Gasteiger partial charge is 0.294 e. The van der Waals surface area contributed by atoms with Crippen LogP contribution in [-0.2, 0) is 27.9 Å². The van der Waals surface area contributed by atoms with Gasteiger partial charge in [-0.2, -0.15) is 17.6 Å². The SMILES string of the molecule is Cc1nc(OCC(C)F)sc1S(=O)(=O)n1cc2c(n1)CN(C(=O)[C@H](CO)c1ccccc1)C2. The van der Waals surface area contributed by atoms with Crippen LogP contribution < -0.4 is 4.74 Å². The number of aryl methyl sites for hydroxylation is 1. The summed E-state index contributed by atoms with van der Waals surface area (Å²) in [7, 11) is -4.02. The molecule has 12 heteroatoms. The normalized spacial score (nSPS) is 15.3. The number of amides is 1. The number of aromatic nitrogens is 3. The Morgan fingerprint density at radius 2 is 2.03 bits per heavy atom. The fraction of sp³-hybridized carbons (Fsp3) is 0.381. The molecule has 1 unspecified atom stereocenters. The maximum absolute atomic E-state index is 13.1. The monoisotopic (exact) mass is 494 g/mol. The van der Waals surface area contributed by atoms with Gasteiger partial charge in [-0.25, -0.2) is 9.37 Å². The second-order valence-electron chi connectivity index (χ2n) is 7.76. The van der Waals surface area contributed by atoms with Gasteiger partial charge in [0.2, 0.25) is 5.91 Å². The van der Waals surface area contributed by atoms with Gasteiger partial charge in [-0.3, -0.25) is 4.79 Å². The lowest BCUT2D eigenvalue weighted by atomic mass is 9.98. The molecule has 0 bridgehead atoms. The molecular weight excluding hydrogens is 471 g/mol. The maximum Gasteiger partial charge on any atom is 0.294 e. The first-order valence-corrected chi connectivity index (χ1v) is 12.5. The van der Waals surface area contributed by atoms with Crippen molar-refractivity contribution in [1.29, 1.82) is 0 Å². The first-order chi connectivity index (χ1) is 15.7. The van der Waals surface area contributed by atoms with Gasteiger partial charge >= 0.3 is 0 Å². The first-order valence-electron chi connectivity index (χ1n) is 10.2. The number of thiazole rings is 1. The molecular formula is C21H23FN4O5S2. The number of halogens is 1. The van der Waals surface area contributed by atoms with E-state index in [0.717, 1.165) is 15.4 Å². The third kappa shape index (κ3) is 4.63. The average molecular weight is 495 g/mol.